The molecule has 29 heavy (non-hydrogen) atoms. The number of ether oxygens (including phenoxy) is 1. The Hall–Kier alpha value is -2.13. The van der Waals surface area contributed by atoms with Gasteiger partial charge in [-0.3, -0.25) is 4.79 Å². The fourth-order valence-corrected chi connectivity index (χ4v) is 5.15. The molecular formula is C20H19ClN4O2S2. The zero-order valence-corrected chi connectivity index (χ0v) is 17.8. The molecule has 1 atom stereocenters. The van der Waals surface area contributed by atoms with Crippen LogP contribution in [0.3, 0.4) is 0 Å². The molecule has 1 saturated heterocycles. The van der Waals surface area contributed by atoms with E-state index in [-0.39, 0.29) is 11.2 Å². The highest BCUT2D eigenvalue weighted by Gasteiger charge is 2.29. The van der Waals surface area contributed by atoms with Crippen molar-refractivity contribution >= 4 is 51.4 Å². The van der Waals surface area contributed by atoms with Crippen molar-refractivity contribution < 1.29 is 9.53 Å². The van der Waals surface area contributed by atoms with E-state index in [2.05, 4.69) is 15.5 Å². The van der Waals surface area contributed by atoms with Crippen molar-refractivity contribution in [3.63, 3.8) is 0 Å². The summed E-state index contributed by atoms with van der Waals surface area (Å²) in [4.78, 5) is 15.1. The molecule has 2 aromatic carbocycles. The number of anilines is 2. The third kappa shape index (κ3) is 5.08. The lowest BCUT2D eigenvalue weighted by atomic mass is 10.1. The first-order valence-corrected chi connectivity index (χ1v) is 11.2. The zero-order valence-electron chi connectivity index (χ0n) is 15.5. The zero-order chi connectivity index (χ0) is 20.1. The predicted octanol–water partition coefficient (Wildman–Crippen LogP) is 4.63. The summed E-state index contributed by atoms with van der Waals surface area (Å²) in [6.07, 6.45) is 0. The van der Waals surface area contributed by atoms with Crippen molar-refractivity contribution in [2.75, 3.05) is 31.6 Å². The summed E-state index contributed by atoms with van der Waals surface area (Å²) in [6.45, 7) is 2.36. The van der Waals surface area contributed by atoms with Gasteiger partial charge in [-0.25, -0.2) is 0 Å². The van der Waals surface area contributed by atoms with E-state index in [9.17, 15) is 4.79 Å². The van der Waals surface area contributed by atoms with Gasteiger partial charge in [-0.2, -0.15) is 0 Å². The third-order valence-corrected chi connectivity index (χ3v) is 6.88. The van der Waals surface area contributed by atoms with E-state index in [1.165, 1.54) is 23.1 Å². The largest absolute Gasteiger partial charge is 0.378 e. The van der Waals surface area contributed by atoms with Crippen molar-refractivity contribution in [3.05, 3.63) is 65.2 Å². The molecule has 1 aliphatic heterocycles. The Morgan fingerprint density at radius 2 is 1.83 bits per heavy atom. The summed E-state index contributed by atoms with van der Waals surface area (Å²) >= 11 is 9.02. The van der Waals surface area contributed by atoms with E-state index < -0.39 is 0 Å². The van der Waals surface area contributed by atoms with Crippen LogP contribution in [0.25, 0.3) is 0 Å². The first-order valence-electron chi connectivity index (χ1n) is 9.14. The van der Waals surface area contributed by atoms with Crippen LogP contribution in [0.1, 0.15) is 10.8 Å². The number of hydrogen-bond acceptors (Lipinski definition) is 7. The van der Waals surface area contributed by atoms with Gasteiger partial charge in [0.25, 0.3) is 0 Å². The number of carbonyl (C=O) groups excluding carboxylic acids is 1. The number of nitrogens with zero attached hydrogens (tertiary/aromatic N) is 3. The molecule has 0 aliphatic carbocycles. The minimum atomic E-state index is -0.379. The Bertz CT molecular complexity index is 964. The summed E-state index contributed by atoms with van der Waals surface area (Å²) < 4.78 is 6.10. The van der Waals surface area contributed by atoms with Crippen LogP contribution >= 0.6 is 34.7 Å². The average Bonchev–Trinajstić information content (AvgIpc) is 3.21. The Labute approximate surface area is 182 Å². The van der Waals surface area contributed by atoms with Gasteiger partial charge in [0.15, 0.2) is 4.34 Å². The molecule has 1 aromatic heterocycles. The van der Waals surface area contributed by atoms with Crippen LogP contribution in [0.4, 0.5) is 10.8 Å². The van der Waals surface area contributed by atoms with Crippen LogP contribution in [-0.2, 0) is 9.53 Å². The number of carbonyl (C=O) groups is 1. The minimum Gasteiger partial charge on any atom is -0.378 e. The summed E-state index contributed by atoms with van der Waals surface area (Å²) in [7, 11) is 0. The van der Waals surface area contributed by atoms with Gasteiger partial charge in [0.05, 0.1) is 23.9 Å². The average molecular weight is 447 g/mol. The maximum atomic E-state index is 13.2. The molecule has 6 nitrogen and oxygen atoms in total. The summed E-state index contributed by atoms with van der Waals surface area (Å²) in [6, 6.07) is 17.2. The smallest absolute Gasteiger partial charge is 0.240 e. The first-order chi connectivity index (χ1) is 14.2. The van der Waals surface area contributed by atoms with E-state index in [4.69, 9.17) is 16.3 Å². The third-order valence-electron chi connectivity index (χ3n) is 4.39. The number of halogens is 1. The van der Waals surface area contributed by atoms with Crippen molar-refractivity contribution in [1.29, 1.82) is 0 Å². The highest BCUT2D eigenvalue weighted by Crippen LogP contribution is 2.40. The number of morpholine rings is 1. The molecule has 0 bridgehead atoms. The SMILES string of the molecule is O=C([C@@H](Sc1nnc(Nc2ccccc2Cl)s1)c1ccccc1)N1CCOCC1. The van der Waals surface area contributed by atoms with E-state index in [1.807, 2.05) is 59.5 Å². The fourth-order valence-electron chi connectivity index (χ4n) is 2.92. The minimum absolute atomic E-state index is 0.0697. The van der Waals surface area contributed by atoms with Gasteiger partial charge >= 0.3 is 0 Å². The quantitative estimate of drug-likeness (QED) is 0.557. The number of aromatic nitrogens is 2. The molecule has 3 aromatic rings. The molecule has 0 saturated carbocycles. The number of thioether (sulfide) groups is 1. The monoisotopic (exact) mass is 446 g/mol. The lowest BCUT2D eigenvalue weighted by Gasteiger charge is -2.30. The molecular weight excluding hydrogens is 428 g/mol. The molecule has 1 N–H and O–H groups in total. The second-order valence-corrected chi connectivity index (χ2v) is 9.06. The van der Waals surface area contributed by atoms with E-state index >= 15 is 0 Å². The van der Waals surface area contributed by atoms with Gasteiger partial charge in [-0.1, -0.05) is 77.2 Å². The van der Waals surface area contributed by atoms with Gasteiger partial charge in [-0.15, -0.1) is 10.2 Å². The number of rotatable bonds is 6. The normalized spacial score (nSPS) is 15.1. The van der Waals surface area contributed by atoms with Crippen LogP contribution in [0, 0.1) is 0 Å². The highest BCUT2D eigenvalue weighted by atomic mass is 35.5. The Morgan fingerprint density at radius 1 is 1.10 bits per heavy atom. The van der Waals surface area contributed by atoms with Crippen LogP contribution in [0.5, 0.6) is 0 Å². The number of hydrogen-bond donors (Lipinski definition) is 1. The standard InChI is InChI=1S/C20H19ClN4O2S2/c21-15-8-4-5-9-16(15)22-19-23-24-20(29-19)28-17(14-6-2-1-3-7-14)18(26)25-10-12-27-13-11-25/h1-9,17H,10-13H2,(H,22,23)/t17-/m0/s1. The number of amides is 1. The summed E-state index contributed by atoms with van der Waals surface area (Å²) in [5.74, 6) is 0.0697. The molecule has 150 valence electrons. The Morgan fingerprint density at radius 3 is 2.59 bits per heavy atom. The first kappa shape index (κ1) is 20.2. The maximum Gasteiger partial charge on any atom is 0.240 e. The van der Waals surface area contributed by atoms with E-state index in [0.717, 1.165) is 15.6 Å². The lowest BCUT2D eigenvalue weighted by molar-refractivity contribution is -0.134. The molecule has 9 heteroatoms. The van der Waals surface area contributed by atoms with Gasteiger partial charge in [0.2, 0.25) is 11.0 Å². The second kappa shape index (κ2) is 9.58. The molecule has 0 unspecified atom stereocenters. The van der Waals surface area contributed by atoms with Crippen LogP contribution < -0.4 is 5.32 Å². The summed E-state index contributed by atoms with van der Waals surface area (Å²) in [5, 5.41) is 12.5. The molecule has 1 aliphatic rings. The predicted molar refractivity (Wildman–Crippen MR) is 117 cm³/mol. The van der Waals surface area contributed by atoms with Gasteiger partial charge < -0.3 is 15.0 Å². The summed E-state index contributed by atoms with van der Waals surface area (Å²) in [5.41, 5.74) is 1.72. The molecule has 2 heterocycles. The topological polar surface area (TPSA) is 67.4 Å². The molecule has 0 spiro atoms. The van der Waals surface area contributed by atoms with Crippen molar-refractivity contribution in [2.45, 2.75) is 9.59 Å². The van der Waals surface area contributed by atoms with E-state index in [1.54, 1.807) is 0 Å². The van der Waals surface area contributed by atoms with E-state index in [0.29, 0.717) is 36.5 Å². The molecule has 1 fully saturated rings. The Kier molecular flexibility index (Phi) is 6.66. The molecule has 0 radical (unpaired) electrons. The molecule has 4 rings (SSSR count). The lowest BCUT2D eigenvalue weighted by Crippen LogP contribution is -2.42. The van der Waals surface area contributed by atoms with Gasteiger partial charge in [-0.05, 0) is 17.7 Å². The van der Waals surface area contributed by atoms with Crippen molar-refractivity contribution in [3.8, 4) is 0 Å². The van der Waals surface area contributed by atoms with Crippen LogP contribution in [0.2, 0.25) is 5.02 Å². The van der Waals surface area contributed by atoms with Gasteiger partial charge in [0, 0.05) is 13.1 Å². The van der Waals surface area contributed by atoms with Crippen LogP contribution in [0.15, 0.2) is 58.9 Å². The maximum absolute atomic E-state index is 13.2. The fraction of sp³-hybridized carbons (Fsp3) is 0.250. The van der Waals surface area contributed by atoms with Gasteiger partial charge in [0.1, 0.15) is 5.25 Å². The number of nitrogens with one attached hydrogen (secondary N) is 1. The number of benzene rings is 2. The number of para-hydroxylation sites is 1. The van der Waals surface area contributed by atoms with Crippen LogP contribution in [-0.4, -0.2) is 47.3 Å². The molecule has 1 amide bonds. The second-order valence-electron chi connectivity index (χ2n) is 6.32. The Balaban J connectivity index is 1.53. The van der Waals surface area contributed by atoms with Crippen molar-refractivity contribution in [2.24, 2.45) is 0 Å². The highest BCUT2D eigenvalue weighted by molar-refractivity contribution is 8.01. The van der Waals surface area contributed by atoms with Crippen molar-refractivity contribution in [1.82, 2.24) is 15.1 Å².